The maximum atomic E-state index is 12.9. The highest BCUT2D eigenvalue weighted by Gasteiger charge is 2.37. The normalized spacial score (nSPS) is 11.9. The Bertz CT molecular complexity index is 895. The van der Waals surface area contributed by atoms with Crippen molar-refractivity contribution in [1.82, 2.24) is 4.90 Å². The van der Waals surface area contributed by atoms with Crippen LogP contribution in [-0.4, -0.2) is 30.3 Å². The lowest BCUT2D eigenvalue weighted by Gasteiger charge is -2.19. The molecule has 29 heavy (non-hydrogen) atoms. The fourth-order valence-electron chi connectivity index (χ4n) is 2.34. The van der Waals surface area contributed by atoms with E-state index in [-0.39, 0.29) is 16.8 Å². The van der Waals surface area contributed by atoms with Gasteiger partial charge in [0.1, 0.15) is 0 Å². The summed E-state index contributed by atoms with van der Waals surface area (Å²) in [4.78, 5) is 25.1. The molecule has 0 aliphatic carbocycles. The van der Waals surface area contributed by atoms with E-state index in [1.54, 1.807) is 12.1 Å². The van der Waals surface area contributed by atoms with E-state index in [9.17, 15) is 35.9 Å². The maximum Gasteiger partial charge on any atom is 0.416 e. The molecule has 0 spiro atoms. The van der Waals surface area contributed by atoms with Gasteiger partial charge in [-0.2, -0.15) is 26.3 Å². The molecule has 0 radical (unpaired) electrons. The summed E-state index contributed by atoms with van der Waals surface area (Å²) in [7, 11) is 1.07. The molecule has 0 saturated carbocycles. The van der Waals surface area contributed by atoms with E-state index in [1.807, 2.05) is 0 Å². The van der Waals surface area contributed by atoms with Crippen LogP contribution in [0.1, 0.15) is 21.5 Å². The van der Waals surface area contributed by atoms with Crippen LogP contribution >= 0.6 is 11.6 Å². The molecule has 2 aromatic rings. The van der Waals surface area contributed by atoms with Gasteiger partial charge in [0, 0.05) is 12.6 Å². The highest BCUT2D eigenvalue weighted by molar-refractivity contribution is 6.33. The molecule has 0 saturated heterocycles. The fraction of sp³-hybridized carbons (Fsp3) is 0.222. The Kier molecular flexibility index (Phi) is 6.46. The third kappa shape index (κ3) is 5.86. The van der Waals surface area contributed by atoms with Gasteiger partial charge in [0.2, 0.25) is 5.91 Å². The molecular weight excluding hydrogens is 426 g/mol. The average molecular weight is 439 g/mol. The number of nitrogens with zero attached hydrogens (tertiary/aromatic N) is 1. The average Bonchev–Trinajstić information content (AvgIpc) is 2.61. The Labute approximate surface area is 166 Å². The minimum absolute atomic E-state index is 0.0825. The van der Waals surface area contributed by atoms with Crippen molar-refractivity contribution in [2.24, 2.45) is 0 Å². The fourth-order valence-corrected chi connectivity index (χ4v) is 2.52. The van der Waals surface area contributed by atoms with Gasteiger partial charge in [0.25, 0.3) is 5.91 Å². The summed E-state index contributed by atoms with van der Waals surface area (Å²) in [5, 5.41) is 2.60. The molecule has 11 heteroatoms. The largest absolute Gasteiger partial charge is 0.416 e. The van der Waals surface area contributed by atoms with Crippen LogP contribution in [0.4, 0.5) is 32.0 Å². The molecule has 156 valence electrons. The first-order chi connectivity index (χ1) is 13.3. The van der Waals surface area contributed by atoms with E-state index < -0.39 is 47.4 Å². The number of amides is 2. The number of para-hydroxylation sites is 1. The van der Waals surface area contributed by atoms with Crippen LogP contribution in [0.5, 0.6) is 0 Å². The van der Waals surface area contributed by atoms with Crippen molar-refractivity contribution in [3.63, 3.8) is 0 Å². The number of anilines is 1. The van der Waals surface area contributed by atoms with Gasteiger partial charge in [-0.3, -0.25) is 9.59 Å². The zero-order valence-electron chi connectivity index (χ0n) is 14.7. The molecule has 0 heterocycles. The number of rotatable bonds is 4. The van der Waals surface area contributed by atoms with Gasteiger partial charge >= 0.3 is 12.4 Å². The molecule has 0 aromatic heterocycles. The molecular formula is C18H13ClF6N2O2. The summed E-state index contributed by atoms with van der Waals surface area (Å²) in [6.07, 6.45) is -10.2. The van der Waals surface area contributed by atoms with Crippen LogP contribution in [-0.2, 0) is 17.1 Å². The van der Waals surface area contributed by atoms with E-state index in [1.165, 1.54) is 12.1 Å². The van der Waals surface area contributed by atoms with E-state index in [4.69, 9.17) is 11.6 Å². The van der Waals surface area contributed by atoms with Gasteiger partial charge in [-0.1, -0.05) is 23.7 Å². The first-order valence-electron chi connectivity index (χ1n) is 7.88. The smallest absolute Gasteiger partial charge is 0.332 e. The van der Waals surface area contributed by atoms with Gasteiger partial charge < -0.3 is 10.2 Å². The summed E-state index contributed by atoms with van der Waals surface area (Å²) in [5.41, 5.74) is -3.85. The second-order valence-corrected chi connectivity index (χ2v) is 6.39. The molecule has 2 aromatic carbocycles. The quantitative estimate of drug-likeness (QED) is 0.676. The summed E-state index contributed by atoms with van der Waals surface area (Å²) in [5.74, 6) is -1.92. The summed E-state index contributed by atoms with van der Waals surface area (Å²) in [6.45, 7) is -0.623. The van der Waals surface area contributed by atoms with Crippen LogP contribution in [0, 0.1) is 0 Å². The number of hydrogen-bond acceptors (Lipinski definition) is 2. The second-order valence-electron chi connectivity index (χ2n) is 5.98. The maximum absolute atomic E-state index is 12.9. The van der Waals surface area contributed by atoms with Gasteiger partial charge in [-0.25, -0.2) is 0 Å². The van der Waals surface area contributed by atoms with Crippen LogP contribution in [0.2, 0.25) is 5.02 Å². The topological polar surface area (TPSA) is 49.4 Å². The van der Waals surface area contributed by atoms with E-state index in [0.717, 1.165) is 7.05 Å². The molecule has 0 aliphatic rings. The second kappa shape index (κ2) is 8.32. The van der Waals surface area contributed by atoms with Crippen molar-refractivity contribution in [3.05, 3.63) is 64.2 Å². The third-order valence-corrected chi connectivity index (χ3v) is 4.04. The van der Waals surface area contributed by atoms with Crippen LogP contribution < -0.4 is 5.32 Å². The molecule has 4 nitrogen and oxygen atoms in total. The van der Waals surface area contributed by atoms with Crippen molar-refractivity contribution in [2.75, 3.05) is 18.9 Å². The highest BCUT2D eigenvalue weighted by Crippen LogP contribution is 2.36. The number of nitrogens with one attached hydrogen (secondary N) is 1. The number of alkyl halides is 6. The minimum atomic E-state index is -5.09. The zero-order valence-corrected chi connectivity index (χ0v) is 15.4. The summed E-state index contributed by atoms with van der Waals surface area (Å²) in [6, 6.07) is 6.69. The third-order valence-electron chi connectivity index (χ3n) is 3.71. The van der Waals surface area contributed by atoms with Crippen molar-refractivity contribution >= 4 is 29.1 Å². The van der Waals surface area contributed by atoms with Crippen molar-refractivity contribution in [3.8, 4) is 0 Å². The molecule has 2 rings (SSSR count). The van der Waals surface area contributed by atoms with Crippen LogP contribution in [0.3, 0.4) is 0 Å². The Balaban J connectivity index is 2.24. The summed E-state index contributed by atoms with van der Waals surface area (Å²) >= 11 is 5.88. The van der Waals surface area contributed by atoms with Crippen LogP contribution in [0.25, 0.3) is 0 Å². The van der Waals surface area contributed by atoms with Gasteiger partial charge in [0.15, 0.2) is 0 Å². The first-order valence-corrected chi connectivity index (χ1v) is 8.26. The predicted octanol–water partition coefficient (Wildman–Crippen LogP) is 5.09. The van der Waals surface area contributed by atoms with Crippen molar-refractivity contribution in [1.29, 1.82) is 0 Å². The Morgan fingerprint density at radius 2 is 1.48 bits per heavy atom. The monoisotopic (exact) mass is 438 g/mol. The zero-order chi connectivity index (χ0) is 22.0. The standard InChI is InChI=1S/C18H13ClF6N2O2/c1-27(9-15(28)26-14-5-3-2-4-13(14)19)16(29)10-6-11(17(20,21)22)8-12(7-10)18(23,24)25/h2-8H,9H2,1H3,(H,26,28). The lowest BCUT2D eigenvalue weighted by molar-refractivity contribution is -0.143. The van der Waals surface area contributed by atoms with Crippen molar-refractivity contribution < 1.29 is 35.9 Å². The number of hydrogen-bond donors (Lipinski definition) is 1. The number of benzene rings is 2. The van der Waals surface area contributed by atoms with Gasteiger partial charge in [0.05, 0.1) is 28.4 Å². The SMILES string of the molecule is CN(CC(=O)Nc1ccccc1Cl)C(=O)c1cc(C(F)(F)F)cc(C(F)(F)F)c1. The Morgan fingerprint density at radius 1 is 0.966 bits per heavy atom. The number of carbonyl (C=O) groups excluding carboxylic acids is 2. The summed E-state index contributed by atoms with van der Waals surface area (Å²) < 4.78 is 77.5. The molecule has 2 amide bonds. The minimum Gasteiger partial charge on any atom is -0.332 e. The lowest BCUT2D eigenvalue weighted by atomic mass is 10.0. The lowest BCUT2D eigenvalue weighted by Crippen LogP contribution is -2.35. The van der Waals surface area contributed by atoms with Crippen molar-refractivity contribution in [2.45, 2.75) is 12.4 Å². The van der Waals surface area contributed by atoms with E-state index in [2.05, 4.69) is 5.32 Å². The molecule has 0 unspecified atom stereocenters. The molecule has 0 bridgehead atoms. The molecule has 0 atom stereocenters. The number of likely N-dealkylation sites (N-methyl/N-ethyl adjacent to an activating group) is 1. The number of halogens is 7. The van der Waals surface area contributed by atoms with Gasteiger partial charge in [-0.05, 0) is 30.3 Å². The van der Waals surface area contributed by atoms with Gasteiger partial charge in [-0.15, -0.1) is 0 Å². The van der Waals surface area contributed by atoms with E-state index >= 15 is 0 Å². The molecule has 1 N–H and O–H groups in total. The van der Waals surface area contributed by atoms with E-state index in [0.29, 0.717) is 17.0 Å². The Morgan fingerprint density at radius 3 is 1.97 bits per heavy atom. The Hall–Kier alpha value is -2.75. The number of carbonyl (C=O) groups is 2. The predicted molar refractivity (Wildman–Crippen MR) is 93.5 cm³/mol. The first kappa shape index (κ1) is 22.5. The molecule has 0 fully saturated rings. The van der Waals surface area contributed by atoms with Crippen LogP contribution in [0.15, 0.2) is 42.5 Å². The molecule has 0 aliphatic heterocycles. The highest BCUT2D eigenvalue weighted by atomic mass is 35.5.